The minimum Gasteiger partial charge on any atom is -0.170 e. The van der Waals surface area contributed by atoms with Gasteiger partial charge in [-0.15, -0.1) is 0 Å². The number of rotatable bonds is 3. The molecule has 0 atom stereocenters. The minimum atomic E-state index is -2.69. The standard InChI is InChI=1S/C17H17OS/c1-19(2)18-12-17-15-9-5-3-7-13(15)11-14-8-4-6-10-16(14)17/h3-11H,12H2,1-2H3/q+1/i1D3,2D3. The van der Waals surface area contributed by atoms with Crippen LogP contribution < -0.4 is 0 Å². The van der Waals surface area contributed by atoms with Gasteiger partial charge in [-0.05, 0) is 33.2 Å². The first-order valence-corrected chi connectivity index (χ1v) is 7.10. The minimum absolute atomic E-state index is 0.0677. The van der Waals surface area contributed by atoms with Crippen LogP contribution in [0.3, 0.4) is 0 Å². The van der Waals surface area contributed by atoms with Crippen molar-refractivity contribution >= 4 is 32.7 Å². The molecule has 0 bridgehead atoms. The number of hydrogen-bond acceptors (Lipinski definition) is 1. The maximum atomic E-state index is 7.50. The van der Waals surface area contributed by atoms with Crippen LogP contribution in [0.2, 0.25) is 0 Å². The van der Waals surface area contributed by atoms with Gasteiger partial charge in [0.15, 0.2) is 0 Å². The molecule has 0 saturated carbocycles. The SMILES string of the molecule is [2H]C([2H])([2H])[S+](OCc1c2ccccc2cc2ccccc12)C([2H])([2H])[2H]. The monoisotopic (exact) mass is 275 g/mol. The molecule has 3 aromatic carbocycles. The molecule has 0 N–H and O–H groups in total. The van der Waals surface area contributed by atoms with E-state index in [-0.39, 0.29) is 6.61 Å². The predicted molar refractivity (Wildman–Crippen MR) is 85.5 cm³/mol. The van der Waals surface area contributed by atoms with E-state index in [1.165, 1.54) is 0 Å². The van der Waals surface area contributed by atoms with E-state index in [2.05, 4.69) is 6.07 Å². The number of hydrogen-bond donors (Lipinski definition) is 0. The lowest BCUT2D eigenvalue weighted by Gasteiger charge is -2.10. The molecule has 1 nitrogen and oxygen atoms in total. The van der Waals surface area contributed by atoms with Gasteiger partial charge in [0.2, 0.25) is 0 Å². The third-order valence-corrected chi connectivity index (χ3v) is 3.56. The fraction of sp³-hybridized carbons (Fsp3) is 0.176. The van der Waals surface area contributed by atoms with E-state index < -0.39 is 23.5 Å². The molecule has 0 aliphatic carbocycles. The summed E-state index contributed by atoms with van der Waals surface area (Å²) >= 11 is -2.15. The first-order chi connectivity index (χ1) is 11.7. The summed E-state index contributed by atoms with van der Waals surface area (Å²) in [5, 5.41) is 3.87. The molecule has 0 aromatic heterocycles. The second kappa shape index (κ2) is 5.24. The van der Waals surface area contributed by atoms with Crippen molar-refractivity contribution in [2.45, 2.75) is 6.61 Å². The van der Waals surface area contributed by atoms with Crippen LogP contribution in [0.4, 0.5) is 0 Å². The lowest BCUT2D eigenvalue weighted by Crippen LogP contribution is -2.02. The van der Waals surface area contributed by atoms with Gasteiger partial charge in [0.05, 0.1) is 8.22 Å². The number of benzene rings is 3. The Morgan fingerprint density at radius 2 is 1.53 bits per heavy atom. The van der Waals surface area contributed by atoms with Crippen LogP contribution in [0.1, 0.15) is 13.8 Å². The molecule has 0 aliphatic heterocycles. The Morgan fingerprint density at radius 3 is 2.11 bits per heavy atom. The van der Waals surface area contributed by atoms with Gasteiger partial charge in [-0.1, -0.05) is 48.5 Å². The quantitative estimate of drug-likeness (QED) is 0.511. The van der Waals surface area contributed by atoms with Crippen molar-refractivity contribution in [2.24, 2.45) is 0 Å². The molecule has 2 heteroatoms. The second-order valence-corrected chi connectivity index (χ2v) is 5.10. The third-order valence-electron chi connectivity index (χ3n) is 3.20. The zero-order chi connectivity index (χ0) is 18.2. The Morgan fingerprint density at radius 1 is 0.947 bits per heavy atom. The Hall–Kier alpha value is -1.51. The first-order valence-electron chi connectivity index (χ1n) is 8.95. The van der Waals surface area contributed by atoms with E-state index in [0.717, 1.165) is 27.1 Å². The average molecular weight is 275 g/mol. The van der Waals surface area contributed by atoms with Crippen molar-refractivity contribution < 1.29 is 12.4 Å². The van der Waals surface area contributed by atoms with Crippen molar-refractivity contribution in [2.75, 3.05) is 12.4 Å². The van der Waals surface area contributed by atoms with Gasteiger partial charge >= 0.3 is 0 Å². The first kappa shape index (κ1) is 7.32. The summed E-state index contributed by atoms with van der Waals surface area (Å²) in [6.07, 6.45) is -5.38. The highest BCUT2D eigenvalue weighted by atomic mass is 32.2. The van der Waals surface area contributed by atoms with Gasteiger partial charge < -0.3 is 0 Å². The maximum Gasteiger partial charge on any atom is 0.141 e. The van der Waals surface area contributed by atoms with Crippen LogP contribution >= 0.6 is 0 Å². The molecule has 96 valence electrons. The van der Waals surface area contributed by atoms with Gasteiger partial charge in [0.1, 0.15) is 30.2 Å². The van der Waals surface area contributed by atoms with E-state index in [0.29, 0.717) is 0 Å². The fourth-order valence-corrected chi connectivity index (χ4v) is 2.62. The average Bonchev–Trinajstić information content (AvgIpc) is 2.51. The smallest absolute Gasteiger partial charge is 0.141 e. The van der Waals surface area contributed by atoms with Crippen molar-refractivity contribution in [3.8, 4) is 0 Å². The highest BCUT2D eigenvalue weighted by Crippen LogP contribution is 2.29. The summed E-state index contributed by atoms with van der Waals surface area (Å²) in [5.41, 5.74) is 0.805. The fourth-order valence-electron chi connectivity index (χ4n) is 2.38. The van der Waals surface area contributed by atoms with Crippen LogP contribution in [0.15, 0.2) is 54.6 Å². The van der Waals surface area contributed by atoms with E-state index in [4.69, 9.17) is 12.4 Å². The molecule has 0 heterocycles. The molecule has 0 saturated heterocycles. The van der Waals surface area contributed by atoms with Crippen LogP contribution in [0.5, 0.6) is 0 Å². The van der Waals surface area contributed by atoms with Gasteiger partial charge in [-0.2, -0.15) is 4.18 Å². The largest absolute Gasteiger partial charge is 0.170 e. The summed E-state index contributed by atoms with van der Waals surface area (Å²) in [7, 11) is 0. The van der Waals surface area contributed by atoms with Crippen LogP contribution in [-0.4, -0.2) is 12.4 Å². The van der Waals surface area contributed by atoms with Gasteiger partial charge in [-0.3, -0.25) is 0 Å². The lowest BCUT2D eigenvalue weighted by molar-refractivity contribution is 0.358. The Bertz CT molecular complexity index is 835. The van der Waals surface area contributed by atoms with Gasteiger partial charge in [-0.25, -0.2) is 0 Å². The molecular weight excluding hydrogens is 252 g/mol. The van der Waals surface area contributed by atoms with Crippen molar-refractivity contribution in [3.05, 3.63) is 60.2 Å². The second-order valence-electron chi connectivity index (χ2n) is 4.33. The van der Waals surface area contributed by atoms with E-state index >= 15 is 0 Å². The molecule has 3 aromatic rings. The van der Waals surface area contributed by atoms with E-state index in [1.807, 2.05) is 48.5 Å². The van der Waals surface area contributed by atoms with Crippen LogP contribution in [0, 0.1) is 0 Å². The predicted octanol–water partition coefficient (Wildman–Crippen LogP) is 4.30. The Balaban J connectivity index is 2.07. The van der Waals surface area contributed by atoms with Crippen molar-refractivity contribution in [1.82, 2.24) is 0 Å². The zero-order valence-electron chi connectivity index (χ0n) is 16.2. The number of fused-ring (bicyclic) bond motifs is 2. The molecule has 0 aliphatic rings. The molecular formula is C17H17OS+. The molecule has 0 amide bonds. The topological polar surface area (TPSA) is 9.23 Å². The maximum absolute atomic E-state index is 7.50. The van der Waals surface area contributed by atoms with Gasteiger partial charge in [0, 0.05) is 0 Å². The zero-order valence-corrected chi connectivity index (χ0v) is 11.0. The lowest BCUT2D eigenvalue weighted by atomic mass is 9.97. The summed E-state index contributed by atoms with van der Waals surface area (Å²) in [6.45, 7) is -0.0677. The molecule has 0 spiro atoms. The Labute approximate surface area is 125 Å². The normalized spacial score (nSPS) is 17.5. The van der Waals surface area contributed by atoms with Gasteiger partial charge in [0.25, 0.3) is 0 Å². The Kier molecular flexibility index (Phi) is 2.02. The summed E-state index contributed by atoms with van der Waals surface area (Å²) in [5.74, 6) is 0. The summed E-state index contributed by atoms with van der Waals surface area (Å²) in [4.78, 5) is 0. The van der Waals surface area contributed by atoms with Crippen LogP contribution in [0.25, 0.3) is 21.5 Å². The molecule has 0 radical (unpaired) electrons. The van der Waals surface area contributed by atoms with E-state index in [1.54, 1.807) is 0 Å². The van der Waals surface area contributed by atoms with E-state index in [9.17, 15) is 0 Å². The molecule has 0 unspecified atom stereocenters. The summed E-state index contributed by atoms with van der Waals surface area (Å²) < 4.78 is 50.5. The van der Waals surface area contributed by atoms with Crippen molar-refractivity contribution in [3.63, 3.8) is 0 Å². The highest BCUT2D eigenvalue weighted by molar-refractivity contribution is 7.90. The molecule has 0 fully saturated rings. The highest BCUT2D eigenvalue weighted by Gasteiger charge is 2.11. The van der Waals surface area contributed by atoms with Crippen molar-refractivity contribution in [1.29, 1.82) is 0 Å². The molecule has 3 rings (SSSR count). The van der Waals surface area contributed by atoms with Crippen LogP contribution in [-0.2, 0) is 22.0 Å². The summed E-state index contributed by atoms with van der Waals surface area (Å²) in [6, 6.07) is 17.5. The third kappa shape index (κ3) is 2.46. The molecule has 19 heavy (non-hydrogen) atoms.